The molecule has 0 spiro atoms. The molecule has 1 unspecified atom stereocenters. The molecule has 2 N–H and O–H groups in total. The first-order valence-corrected chi connectivity index (χ1v) is 13.4. The van der Waals surface area contributed by atoms with Crippen LogP contribution in [0.4, 0.5) is 5.69 Å². The molecule has 34 heavy (non-hydrogen) atoms. The Kier molecular flexibility index (Phi) is 9.62. The van der Waals surface area contributed by atoms with Gasteiger partial charge in [0.25, 0.3) is 0 Å². The summed E-state index contributed by atoms with van der Waals surface area (Å²) in [7, 11) is -3.38. The number of benzene rings is 3. The summed E-state index contributed by atoms with van der Waals surface area (Å²) in [6.45, 7) is 1.85. The number of anilines is 1. The largest absolute Gasteiger partial charge is 0.491 e. The molecule has 3 aromatic rings. The third-order valence-corrected chi connectivity index (χ3v) is 6.34. The normalized spacial score (nSPS) is 12.5. The third-order valence-electron chi connectivity index (χ3n) is 5.00. The van der Waals surface area contributed by atoms with Gasteiger partial charge >= 0.3 is 0 Å². The van der Waals surface area contributed by atoms with Crippen molar-refractivity contribution in [1.29, 1.82) is 0 Å². The molecule has 6 nitrogen and oxygen atoms in total. The molecule has 0 aliphatic carbocycles. The van der Waals surface area contributed by atoms with Gasteiger partial charge in [-0.2, -0.15) is 0 Å². The van der Waals surface area contributed by atoms with E-state index in [2.05, 4.69) is 21.8 Å². The minimum Gasteiger partial charge on any atom is -0.491 e. The number of aliphatic hydroxyl groups excluding tert-OH is 1. The van der Waals surface area contributed by atoms with Gasteiger partial charge in [0, 0.05) is 25.7 Å². The van der Waals surface area contributed by atoms with Crippen LogP contribution in [-0.2, 0) is 23.0 Å². The van der Waals surface area contributed by atoms with Crippen molar-refractivity contribution >= 4 is 38.9 Å². The lowest BCUT2D eigenvalue weighted by Crippen LogP contribution is -2.36. The molecule has 0 amide bonds. The van der Waals surface area contributed by atoms with Crippen molar-refractivity contribution in [1.82, 2.24) is 4.90 Å². The molecule has 0 aliphatic heterocycles. The highest BCUT2D eigenvalue weighted by atomic mass is 35.5. The zero-order valence-corrected chi connectivity index (χ0v) is 21.2. The molecule has 3 aromatic carbocycles. The van der Waals surface area contributed by atoms with E-state index in [1.54, 1.807) is 30.3 Å². The van der Waals surface area contributed by atoms with Crippen LogP contribution in [0, 0.1) is 0 Å². The Hall–Kier alpha value is -2.29. The molecular formula is C25H28Cl2N2O4S. The van der Waals surface area contributed by atoms with Crippen LogP contribution in [0.15, 0.2) is 72.8 Å². The van der Waals surface area contributed by atoms with Crippen molar-refractivity contribution in [2.24, 2.45) is 0 Å². The Labute approximate surface area is 211 Å². The first-order chi connectivity index (χ1) is 16.2. The SMILES string of the molecule is CS(=O)(=O)Nc1cccc(OCC(O)CN(CCc2ccc(Cl)c(Cl)c2)Cc2ccccc2)c1. The summed E-state index contributed by atoms with van der Waals surface area (Å²) in [6.07, 6.45) is 1.09. The summed E-state index contributed by atoms with van der Waals surface area (Å²) >= 11 is 12.2. The second kappa shape index (κ2) is 12.4. The monoisotopic (exact) mass is 522 g/mol. The molecule has 3 rings (SSSR count). The van der Waals surface area contributed by atoms with Crippen molar-refractivity contribution in [2.75, 3.05) is 30.7 Å². The van der Waals surface area contributed by atoms with Gasteiger partial charge in [-0.15, -0.1) is 0 Å². The van der Waals surface area contributed by atoms with Gasteiger partial charge in [-0.25, -0.2) is 8.42 Å². The van der Waals surface area contributed by atoms with Crippen LogP contribution in [0.1, 0.15) is 11.1 Å². The van der Waals surface area contributed by atoms with Gasteiger partial charge in [-0.05, 0) is 41.8 Å². The van der Waals surface area contributed by atoms with Gasteiger partial charge in [0.2, 0.25) is 10.0 Å². The van der Waals surface area contributed by atoms with E-state index in [0.29, 0.717) is 41.1 Å². The number of rotatable bonds is 12. The van der Waals surface area contributed by atoms with E-state index in [0.717, 1.165) is 23.8 Å². The summed E-state index contributed by atoms with van der Waals surface area (Å²) < 4.78 is 31.0. The number of halogens is 2. The molecule has 0 heterocycles. The summed E-state index contributed by atoms with van der Waals surface area (Å²) in [6, 6.07) is 22.3. The second-order valence-electron chi connectivity index (χ2n) is 8.09. The van der Waals surface area contributed by atoms with Crippen LogP contribution in [0.5, 0.6) is 5.75 Å². The molecule has 0 saturated heterocycles. The molecular weight excluding hydrogens is 495 g/mol. The quantitative estimate of drug-likeness (QED) is 0.355. The maximum absolute atomic E-state index is 11.4. The number of aliphatic hydroxyl groups is 1. The fraction of sp³-hybridized carbons (Fsp3) is 0.280. The number of hydrogen-bond acceptors (Lipinski definition) is 5. The van der Waals surface area contributed by atoms with E-state index in [9.17, 15) is 13.5 Å². The Bertz CT molecular complexity index is 1180. The van der Waals surface area contributed by atoms with Crippen LogP contribution in [0.25, 0.3) is 0 Å². The van der Waals surface area contributed by atoms with Crippen molar-refractivity contribution in [3.05, 3.63) is 94.0 Å². The van der Waals surface area contributed by atoms with Crippen LogP contribution in [0.2, 0.25) is 10.0 Å². The van der Waals surface area contributed by atoms with Gasteiger partial charge in [0.1, 0.15) is 18.5 Å². The van der Waals surface area contributed by atoms with Gasteiger partial charge in [0.15, 0.2) is 0 Å². The van der Waals surface area contributed by atoms with E-state index in [1.165, 1.54) is 0 Å². The number of sulfonamides is 1. The highest BCUT2D eigenvalue weighted by Gasteiger charge is 2.14. The maximum Gasteiger partial charge on any atom is 0.229 e. The zero-order chi connectivity index (χ0) is 24.6. The summed E-state index contributed by atoms with van der Waals surface area (Å²) in [4.78, 5) is 2.16. The van der Waals surface area contributed by atoms with Gasteiger partial charge in [0.05, 0.1) is 22.0 Å². The van der Waals surface area contributed by atoms with Crippen LogP contribution >= 0.6 is 23.2 Å². The minimum atomic E-state index is -3.38. The van der Waals surface area contributed by atoms with Crippen molar-refractivity contribution in [3.63, 3.8) is 0 Å². The number of nitrogens with one attached hydrogen (secondary N) is 1. The van der Waals surface area contributed by atoms with E-state index < -0.39 is 16.1 Å². The lowest BCUT2D eigenvalue weighted by atomic mass is 10.1. The predicted octanol–water partition coefficient (Wildman–Crippen LogP) is 4.85. The van der Waals surface area contributed by atoms with Gasteiger partial charge in [-0.3, -0.25) is 9.62 Å². The van der Waals surface area contributed by atoms with E-state index >= 15 is 0 Å². The van der Waals surface area contributed by atoms with E-state index in [-0.39, 0.29) is 6.61 Å². The topological polar surface area (TPSA) is 78.9 Å². The molecule has 0 aliphatic rings. The smallest absolute Gasteiger partial charge is 0.229 e. The summed E-state index contributed by atoms with van der Waals surface area (Å²) in [5.41, 5.74) is 2.61. The number of nitrogens with zero attached hydrogens (tertiary/aromatic N) is 1. The average Bonchev–Trinajstić information content (AvgIpc) is 2.78. The Morgan fingerprint density at radius 3 is 2.44 bits per heavy atom. The Morgan fingerprint density at radius 1 is 0.971 bits per heavy atom. The fourth-order valence-corrected chi connectivity index (χ4v) is 4.34. The van der Waals surface area contributed by atoms with E-state index in [1.807, 2.05) is 30.3 Å². The highest BCUT2D eigenvalue weighted by molar-refractivity contribution is 7.92. The first kappa shape index (κ1) is 26.3. The van der Waals surface area contributed by atoms with Crippen molar-refractivity contribution < 1.29 is 18.3 Å². The van der Waals surface area contributed by atoms with Crippen molar-refractivity contribution in [2.45, 2.75) is 19.1 Å². The lowest BCUT2D eigenvalue weighted by Gasteiger charge is -2.25. The molecule has 0 fully saturated rings. The Balaban J connectivity index is 1.60. The standard InChI is InChI=1S/C25H28Cl2N2O4S/c1-34(31,32)28-21-8-5-9-23(15-21)33-18-22(30)17-29(16-20-6-3-2-4-7-20)13-12-19-10-11-24(26)25(27)14-19/h2-11,14-15,22,28,30H,12-13,16-18H2,1H3. The average molecular weight is 523 g/mol. The number of ether oxygens (including phenoxy) is 1. The third kappa shape index (κ3) is 9.16. The molecule has 9 heteroatoms. The highest BCUT2D eigenvalue weighted by Crippen LogP contribution is 2.23. The fourth-order valence-electron chi connectivity index (χ4n) is 3.47. The molecule has 0 radical (unpaired) electrons. The van der Waals surface area contributed by atoms with E-state index in [4.69, 9.17) is 27.9 Å². The molecule has 0 bridgehead atoms. The molecule has 1 atom stereocenters. The molecule has 0 aromatic heterocycles. The van der Waals surface area contributed by atoms with Crippen LogP contribution < -0.4 is 9.46 Å². The zero-order valence-electron chi connectivity index (χ0n) is 18.8. The van der Waals surface area contributed by atoms with Gasteiger partial charge in [-0.1, -0.05) is 65.7 Å². The summed E-state index contributed by atoms with van der Waals surface area (Å²) in [5.74, 6) is 0.470. The maximum atomic E-state index is 11.4. The predicted molar refractivity (Wildman–Crippen MR) is 138 cm³/mol. The number of hydrogen-bond donors (Lipinski definition) is 2. The van der Waals surface area contributed by atoms with Crippen molar-refractivity contribution in [3.8, 4) is 5.75 Å². The summed E-state index contributed by atoms with van der Waals surface area (Å²) in [5, 5.41) is 11.7. The minimum absolute atomic E-state index is 0.0698. The van der Waals surface area contributed by atoms with Crippen LogP contribution in [-0.4, -0.2) is 50.5 Å². The first-order valence-electron chi connectivity index (χ1n) is 10.8. The second-order valence-corrected chi connectivity index (χ2v) is 10.6. The van der Waals surface area contributed by atoms with Gasteiger partial charge < -0.3 is 9.84 Å². The Morgan fingerprint density at radius 2 is 1.74 bits per heavy atom. The van der Waals surface area contributed by atoms with Crippen LogP contribution in [0.3, 0.4) is 0 Å². The molecule has 0 saturated carbocycles. The lowest BCUT2D eigenvalue weighted by molar-refractivity contribution is 0.0659. The molecule has 182 valence electrons.